The van der Waals surface area contributed by atoms with Crippen LogP contribution in [0.3, 0.4) is 0 Å². The van der Waals surface area contributed by atoms with Crippen LogP contribution in [0.2, 0.25) is 0 Å². The van der Waals surface area contributed by atoms with Gasteiger partial charge in [-0.1, -0.05) is 6.58 Å². The van der Waals surface area contributed by atoms with Crippen molar-refractivity contribution in [3.8, 4) is 0 Å². The van der Waals surface area contributed by atoms with Gasteiger partial charge in [0, 0.05) is 12.1 Å². The molecule has 0 unspecified atom stereocenters. The highest BCUT2D eigenvalue weighted by atomic mass is 16.6. The van der Waals surface area contributed by atoms with Crippen LogP contribution in [0.5, 0.6) is 0 Å². The average molecular weight is 215 g/mol. The molecule has 0 aliphatic heterocycles. The quantitative estimate of drug-likeness (QED) is 0.176. The minimum Gasteiger partial charge on any atom is -0.460 e. The minimum absolute atomic E-state index is 0.0905. The number of carbonyl (C=O) groups excluding carboxylic acids is 1. The summed E-state index contributed by atoms with van der Waals surface area (Å²) >= 11 is 0. The summed E-state index contributed by atoms with van der Waals surface area (Å²) in [7, 11) is 0. The Morgan fingerprint density at radius 2 is 2.13 bits per heavy atom. The van der Waals surface area contributed by atoms with Gasteiger partial charge in [-0.25, -0.2) is 4.79 Å². The molecule has 0 aromatic carbocycles. The molecule has 0 aliphatic rings. The zero-order valence-electron chi connectivity index (χ0n) is 8.84. The van der Waals surface area contributed by atoms with Gasteiger partial charge in [-0.15, -0.1) is 0 Å². The van der Waals surface area contributed by atoms with E-state index in [4.69, 9.17) is 20.6 Å². The third kappa shape index (κ3) is 8.76. The monoisotopic (exact) mass is 215 g/mol. The zero-order chi connectivity index (χ0) is 11.7. The summed E-state index contributed by atoms with van der Waals surface area (Å²) in [6.07, 6.45) is 0. The van der Waals surface area contributed by atoms with Crippen LogP contribution >= 0.6 is 0 Å². The lowest BCUT2D eigenvalue weighted by molar-refractivity contribution is -0.140. The second-order valence-corrected chi connectivity index (χ2v) is 2.87. The molecule has 86 valence electrons. The molecule has 0 atom stereocenters. The summed E-state index contributed by atoms with van der Waals surface area (Å²) in [5.74, 6) is -0.507. The van der Waals surface area contributed by atoms with E-state index in [2.05, 4.69) is 11.9 Å². The molecule has 0 aromatic heterocycles. The van der Waals surface area contributed by atoms with Crippen molar-refractivity contribution in [2.45, 2.75) is 6.92 Å². The second kappa shape index (κ2) is 7.81. The number of esters is 1. The number of carbonyl (C=O) groups is 1. The summed E-state index contributed by atoms with van der Waals surface area (Å²) in [4.78, 5) is 10.9. The summed E-state index contributed by atoms with van der Waals surface area (Å²) in [5, 5.41) is 9.42. The largest absolute Gasteiger partial charge is 0.460 e. The SMILES string of the molecule is C=C(C)C(=O)OCCOCCNC(=N)N. The minimum atomic E-state index is -0.416. The first-order valence-corrected chi connectivity index (χ1v) is 4.52. The molecular weight excluding hydrogens is 198 g/mol. The first kappa shape index (κ1) is 13.4. The number of nitrogens with two attached hydrogens (primary N) is 1. The molecule has 0 radical (unpaired) electrons. The van der Waals surface area contributed by atoms with Crippen LogP contribution in [0.4, 0.5) is 0 Å². The third-order valence-corrected chi connectivity index (χ3v) is 1.37. The lowest BCUT2D eigenvalue weighted by Crippen LogP contribution is -2.33. The molecule has 0 saturated heterocycles. The molecule has 0 rings (SSSR count). The molecule has 6 nitrogen and oxygen atoms in total. The topological polar surface area (TPSA) is 97.4 Å². The summed E-state index contributed by atoms with van der Waals surface area (Å²) < 4.78 is 9.87. The van der Waals surface area contributed by atoms with Crippen molar-refractivity contribution in [1.82, 2.24) is 5.32 Å². The first-order chi connectivity index (χ1) is 7.04. The fourth-order valence-corrected chi connectivity index (χ4v) is 0.676. The highest BCUT2D eigenvalue weighted by Gasteiger charge is 2.01. The number of rotatable bonds is 7. The third-order valence-electron chi connectivity index (χ3n) is 1.37. The van der Waals surface area contributed by atoms with Gasteiger partial charge in [-0.05, 0) is 6.92 Å². The van der Waals surface area contributed by atoms with E-state index in [9.17, 15) is 4.79 Å². The van der Waals surface area contributed by atoms with Crippen LogP contribution in [0.1, 0.15) is 6.92 Å². The maximum Gasteiger partial charge on any atom is 0.333 e. The Hall–Kier alpha value is -1.56. The highest BCUT2D eigenvalue weighted by Crippen LogP contribution is 1.91. The molecule has 15 heavy (non-hydrogen) atoms. The van der Waals surface area contributed by atoms with Crippen LogP contribution in [0.25, 0.3) is 0 Å². The van der Waals surface area contributed by atoms with Crippen molar-refractivity contribution in [3.05, 3.63) is 12.2 Å². The number of guanidine groups is 1. The molecule has 0 amide bonds. The fraction of sp³-hybridized carbons (Fsp3) is 0.556. The van der Waals surface area contributed by atoms with Gasteiger partial charge in [0.1, 0.15) is 6.61 Å². The summed E-state index contributed by atoms with van der Waals surface area (Å²) in [6, 6.07) is 0. The van der Waals surface area contributed by atoms with Gasteiger partial charge in [0.2, 0.25) is 0 Å². The Kier molecular flexibility index (Phi) is 7.00. The van der Waals surface area contributed by atoms with Gasteiger partial charge in [0.15, 0.2) is 5.96 Å². The van der Waals surface area contributed by atoms with Gasteiger partial charge < -0.3 is 20.5 Å². The highest BCUT2D eigenvalue weighted by molar-refractivity contribution is 5.86. The number of hydrogen-bond acceptors (Lipinski definition) is 4. The van der Waals surface area contributed by atoms with E-state index in [0.717, 1.165) is 0 Å². The Morgan fingerprint density at radius 1 is 1.47 bits per heavy atom. The lowest BCUT2D eigenvalue weighted by atomic mass is 10.4. The van der Waals surface area contributed by atoms with Crippen molar-refractivity contribution in [1.29, 1.82) is 5.41 Å². The zero-order valence-corrected chi connectivity index (χ0v) is 8.84. The van der Waals surface area contributed by atoms with Crippen molar-refractivity contribution < 1.29 is 14.3 Å². The molecule has 4 N–H and O–H groups in total. The number of hydrogen-bond donors (Lipinski definition) is 3. The molecule has 0 spiro atoms. The van der Waals surface area contributed by atoms with Crippen molar-refractivity contribution in [2.75, 3.05) is 26.4 Å². The predicted octanol–water partition coefficient (Wildman–Crippen LogP) is -0.395. The molecule has 0 bridgehead atoms. The summed E-state index contributed by atoms with van der Waals surface area (Å²) in [5.41, 5.74) is 5.41. The van der Waals surface area contributed by atoms with E-state index in [1.807, 2.05) is 0 Å². The van der Waals surface area contributed by atoms with E-state index in [0.29, 0.717) is 25.3 Å². The van der Waals surface area contributed by atoms with E-state index >= 15 is 0 Å². The maximum atomic E-state index is 10.9. The smallest absolute Gasteiger partial charge is 0.333 e. The molecule has 6 heteroatoms. The van der Waals surface area contributed by atoms with Crippen LogP contribution < -0.4 is 11.1 Å². The Balaban J connectivity index is 3.22. The second-order valence-electron chi connectivity index (χ2n) is 2.87. The van der Waals surface area contributed by atoms with Crippen molar-refractivity contribution >= 4 is 11.9 Å². The van der Waals surface area contributed by atoms with E-state index in [1.165, 1.54) is 0 Å². The van der Waals surface area contributed by atoms with Crippen LogP contribution in [0, 0.1) is 5.41 Å². The average Bonchev–Trinajstić information content (AvgIpc) is 2.15. The number of ether oxygens (including phenoxy) is 2. The molecule has 0 saturated carbocycles. The number of nitrogens with one attached hydrogen (secondary N) is 2. The summed E-state index contributed by atoms with van der Waals surface area (Å²) in [6.45, 7) is 6.41. The Bertz CT molecular complexity index is 241. The normalized spacial score (nSPS) is 9.40. The predicted molar refractivity (Wildman–Crippen MR) is 56.5 cm³/mol. The molecule has 0 aromatic rings. The van der Waals surface area contributed by atoms with Crippen LogP contribution in [-0.2, 0) is 14.3 Å². The van der Waals surface area contributed by atoms with Gasteiger partial charge >= 0.3 is 5.97 Å². The fourth-order valence-electron chi connectivity index (χ4n) is 0.676. The van der Waals surface area contributed by atoms with Crippen LogP contribution in [-0.4, -0.2) is 38.3 Å². The Labute approximate surface area is 88.9 Å². The van der Waals surface area contributed by atoms with Gasteiger partial charge in [0.25, 0.3) is 0 Å². The maximum absolute atomic E-state index is 10.9. The first-order valence-electron chi connectivity index (χ1n) is 4.52. The molecule has 0 aliphatic carbocycles. The molecule has 0 fully saturated rings. The van der Waals surface area contributed by atoms with Crippen LogP contribution in [0.15, 0.2) is 12.2 Å². The molecular formula is C9H17N3O3. The van der Waals surface area contributed by atoms with E-state index in [1.54, 1.807) is 6.92 Å². The molecule has 0 heterocycles. The van der Waals surface area contributed by atoms with Gasteiger partial charge in [0.05, 0.1) is 13.2 Å². The van der Waals surface area contributed by atoms with Gasteiger partial charge in [-0.2, -0.15) is 0 Å². The van der Waals surface area contributed by atoms with E-state index in [-0.39, 0.29) is 12.6 Å². The lowest BCUT2D eigenvalue weighted by Gasteiger charge is -2.06. The van der Waals surface area contributed by atoms with Gasteiger partial charge in [-0.3, -0.25) is 5.41 Å². The van der Waals surface area contributed by atoms with E-state index < -0.39 is 5.97 Å². The van der Waals surface area contributed by atoms with Crippen molar-refractivity contribution in [3.63, 3.8) is 0 Å². The standard InChI is InChI=1S/C9H17N3O3/c1-7(2)8(13)15-6-5-14-4-3-12-9(10)11/h1,3-6H2,2H3,(H4,10,11,12). The van der Waals surface area contributed by atoms with Crippen molar-refractivity contribution in [2.24, 2.45) is 5.73 Å². The Morgan fingerprint density at radius 3 is 2.67 bits per heavy atom.